The number of rotatable bonds is 9. The molecule has 0 N–H and O–H groups in total. The molecule has 0 unspecified atom stereocenters. The minimum Gasteiger partial charge on any atom is -0.265 e. The average Bonchev–Trinajstić information content (AvgIpc) is 2.65. The van der Waals surface area contributed by atoms with Crippen LogP contribution in [0.15, 0.2) is 58.3 Å². The molecule has 0 fully saturated rings. The molecule has 0 saturated heterocycles. The first kappa shape index (κ1) is 21.1. The van der Waals surface area contributed by atoms with Crippen molar-refractivity contribution < 1.29 is 25.2 Å². The van der Waals surface area contributed by atoms with Crippen molar-refractivity contribution in [2.75, 3.05) is 25.0 Å². The Bertz CT molecular complexity index is 844. The molecule has 2 rings (SSSR count). The quantitative estimate of drug-likeness (QED) is 0.441. The third-order valence-corrected chi connectivity index (χ3v) is 6.21. The van der Waals surface area contributed by atoms with Gasteiger partial charge in [-0.25, -0.2) is 0 Å². The van der Waals surface area contributed by atoms with Crippen molar-refractivity contribution in [2.45, 2.75) is 9.79 Å². The van der Waals surface area contributed by atoms with E-state index >= 15 is 0 Å². The SMILES string of the molecule is O=S(=O)(OCCCl)c1ccc(-c2ccc(S(=O)(=O)OCCCl)cc2)cc1. The summed E-state index contributed by atoms with van der Waals surface area (Å²) in [7, 11) is -7.69. The molecule has 0 bridgehead atoms. The van der Waals surface area contributed by atoms with E-state index in [4.69, 9.17) is 31.6 Å². The van der Waals surface area contributed by atoms with Crippen LogP contribution in [0, 0.1) is 0 Å². The lowest BCUT2D eigenvalue weighted by Crippen LogP contribution is -2.08. The Morgan fingerprint density at radius 3 is 1.19 bits per heavy atom. The van der Waals surface area contributed by atoms with E-state index in [2.05, 4.69) is 0 Å². The van der Waals surface area contributed by atoms with E-state index in [-0.39, 0.29) is 34.8 Å². The fourth-order valence-electron chi connectivity index (χ4n) is 2.05. The number of hydrogen-bond donors (Lipinski definition) is 0. The van der Waals surface area contributed by atoms with Crippen molar-refractivity contribution >= 4 is 43.4 Å². The van der Waals surface area contributed by atoms with Gasteiger partial charge in [-0.1, -0.05) is 24.3 Å². The first-order chi connectivity index (χ1) is 12.3. The molecule has 0 aromatic heterocycles. The monoisotopic (exact) mass is 438 g/mol. The first-order valence-electron chi connectivity index (χ1n) is 7.41. The van der Waals surface area contributed by atoms with Crippen molar-refractivity contribution in [3.05, 3.63) is 48.5 Å². The molecule has 2 aromatic carbocycles. The fraction of sp³-hybridized carbons (Fsp3) is 0.250. The Kier molecular flexibility index (Phi) is 7.45. The molecule has 0 spiro atoms. The lowest BCUT2D eigenvalue weighted by molar-refractivity contribution is 0.339. The molecule has 0 radical (unpaired) electrons. The average molecular weight is 439 g/mol. The van der Waals surface area contributed by atoms with Crippen LogP contribution in [0.1, 0.15) is 0 Å². The Morgan fingerprint density at radius 1 is 0.615 bits per heavy atom. The van der Waals surface area contributed by atoms with Gasteiger partial charge in [-0.2, -0.15) is 16.8 Å². The summed E-state index contributed by atoms with van der Waals surface area (Å²) in [6.45, 7) is -0.208. The smallest absolute Gasteiger partial charge is 0.265 e. The highest BCUT2D eigenvalue weighted by molar-refractivity contribution is 7.87. The maximum atomic E-state index is 11.9. The van der Waals surface area contributed by atoms with Crippen LogP contribution in [-0.4, -0.2) is 41.8 Å². The highest BCUT2D eigenvalue weighted by Gasteiger charge is 2.16. The van der Waals surface area contributed by atoms with Gasteiger partial charge >= 0.3 is 0 Å². The van der Waals surface area contributed by atoms with E-state index in [0.29, 0.717) is 11.1 Å². The van der Waals surface area contributed by atoms with Gasteiger partial charge in [0.15, 0.2) is 0 Å². The molecule has 0 aliphatic carbocycles. The van der Waals surface area contributed by atoms with Gasteiger partial charge in [0.05, 0.1) is 23.0 Å². The van der Waals surface area contributed by atoms with Gasteiger partial charge in [0.2, 0.25) is 0 Å². The van der Waals surface area contributed by atoms with Crippen LogP contribution in [0.25, 0.3) is 11.1 Å². The lowest BCUT2D eigenvalue weighted by Gasteiger charge is -2.07. The van der Waals surface area contributed by atoms with Crippen LogP contribution in [0.5, 0.6) is 0 Å². The third-order valence-electron chi connectivity index (χ3n) is 3.25. The lowest BCUT2D eigenvalue weighted by atomic mass is 10.1. The third kappa shape index (κ3) is 5.42. The van der Waals surface area contributed by atoms with Gasteiger partial charge in [0.1, 0.15) is 0 Å². The van der Waals surface area contributed by atoms with Crippen molar-refractivity contribution in [1.82, 2.24) is 0 Å². The van der Waals surface area contributed by atoms with Crippen LogP contribution in [0.2, 0.25) is 0 Å². The summed E-state index contributed by atoms with van der Waals surface area (Å²) >= 11 is 10.9. The summed E-state index contributed by atoms with van der Waals surface area (Å²) in [4.78, 5) is 0.0279. The fourth-order valence-corrected chi connectivity index (χ4v) is 4.20. The van der Waals surface area contributed by atoms with E-state index < -0.39 is 20.2 Å². The maximum absolute atomic E-state index is 11.9. The molecule has 142 valence electrons. The van der Waals surface area contributed by atoms with Crippen molar-refractivity contribution in [1.29, 1.82) is 0 Å². The Hall–Kier alpha value is -1.16. The van der Waals surface area contributed by atoms with Gasteiger partial charge in [-0.05, 0) is 35.4 Å². The zero-order valence-corrected chi connectivity index (χ0v) is 16.6. The topological polar surface area (TPSA) is 86.7 Å². The second-order valence-electron chi connectivity index (χ2n) is 4.98. The van der Waals surface area contributed by atoms with E-state index in [1.807, 2.05) is 0 Å². The highest BCUT2D eigenvalue weighted by Crippen LogP contribution is 2.24. The maximum Gasteiger partial charge on any atom is 0.297 e. The Labute approximate surface area is 162 Å². The predicted molar refractivity (Wildman–Crippen MR) is 99.6 cm³/mol. The number of halogens is 2. The zero-order valence-electron chi connectivity index (χ0n) is 13.5. The van der Waals surface area contributed by atoms with Crippen molar-refractivity contribution in [2.24, 2.45) is 0 Å². The van der Waals surface area contributed by atoms with Crippen LogP contribution in [-0.2, 0) is 28.6 Å². The van der Waals surface area contributed by atoms with Gasteiger partial charge in [0.25, 0.3) is 20.2 Å². The van der Waals surface area contributed by atoms with Crippen molar-refractivity contribution in [3.63, 3.8) is 0 Å². The summed E-state index contributed by atoms with van der Waals surface area (Å²) in [6, 6.07) is 12.0. The summed E-state index contributed by atoms with van der Waals surface area (Å²) < 4.78 is 57.1. The van der Waals surface area contributed by atoms with Crippen LogP contribution in [0.3, 0.4) is 0 Å². The predicted octanol–water partition coefficient (Wildman–Crippen LogP) is 3.24. The van der Waals surface area contributed by atoms with Crippen molar-refractivity contribution in [3.8, 4) is 11.1 Å². The molecular formula is C16H16Cl2O6S2. The number of alkyl halides is 2. The minimum absolute atomic E-state index is 0.0139. The van der Waals surface area contributed by atoms with Gasteiger partial charge < -0.3 is 0 Å². The zero-order chi connectivity index (χ0) is 19.2. The summed E-state index contributed by atoms with van der Waals surface area (Å²) in [6.07, 6.45) is 0. The molecule has 0 aliphatic rings. The molecule has 0 atom stereocenters. The molecule has 0 saturated carbocycles. The highest BCUT2D eigenvalue weighted by atomic mass is 35.5. The largest absolute Gasteiger partial charge is 0.297 e. The molecule has 0 heterocycles. The second-order valence-corrected chi connectivity index (χ2v) is 8.97. The number of hydrogen-bond acceptors (Lipinski definition) is 6. The molecule has 0 amide bonds. The molecule has 0 aliphatic heterocycles. The Morgan fingerprint density at radius 2 is 0.923 bits per heavy atom. The molecule has 26 heavy (non-hydrogen) atoms. The normalized spacial score (nSPS) is 12.2. The Balaban J connectivity index is 2.20. The summed E-state index contributed by atoms with van der Waals surface area (Å²) in [5.74, 6) is 0.141. The molecular weight excluding hydrogens is 423 g/mol. The minimum atomic E-state index is -3.85. The summed E-state index contributed by atoms with van der Waals surface area (Å²) in [5.41, 5.74) is 1.43. The van der Waals surface area contributed by atoms with Crippen LogP contribution < -0.4 is 0 Å². The second kappa shape index (κ2) is 9.16. The van der Waals surface area contributed by atoms with E-state index in [9.17, 15) is 16.8 Å². The van der Waals surface area contributed by atoms with E-state index in [1.54, 1.807) is 24.3 Å². The van der Waals surface area contributed by atoms with Crippen LogP contribution >= 0.6 is 23.2 Å². The molecule has 10 heteroatoms. The van der Waals surface area contributed by atoms with Gasteiger partial charge in [-0.3, -0.25) is 8.37 Å². The van der Waals surface area contributed by atoms with Crippen LogP contribution in [0.4, 0.5) is 0 Å². The first-order valence-corrected chi connectivity index (χ1v) is 11.3. The standard InChI is InChI=1S/C16H16Cl2O6S2/c17-9-11-23-25(19,20)15-5-1-13(2-6-15)14-3-7-16(8-4-14)26(21,22)24-12-10-18/h1-8H,9-12H2. The molecule has 6 nitrogen and oxygen atoms in total. The van der Waals surface area contributed by atoms with Gasteiger partial charge in [-0.15, -0.1) is 23.2 Å². The number of benzene rings is 2. The van der Waals surface area contributed by atoms with E-state index in [1.165, 1.54) is 24.3 Å². The van der Waals surface area contributed by atoms with E-state index in [0.717, 1.165) is 0 Å². The van der Waals surface area contributed by atoms with Gasteiger partial charge in [0, 0.05) is 11.8 Å². The summed E-state index contributed by atoms with van der Waals surface area (Å²) in [5, 5.41) is 0. The molecule has 2 aromatic rings.